The number of amides is 1. The molecule has 1 aromatic heterocycles. The van der Waals surface area contributed by atoms with Crippen molar-refractivity contribution in [2.24, 2.45) is 0 Å². The molecule has 1 heterocycles. The normalized spacial score (nSPS) is 10.8. The van der Waals surface area contributed by atoms with E-state index in [2.05, 4.69) is 22.4 Å². The molecule has 0 saturated carbocycles. The van der Waals surface area contributed by atoms with Crippen molar-refractivity contribution < 1.29 is 9.53 Å². The van der Waals surface area contributed by atoms with E-state index in [1.54, 1.807) is 0 Å². The Labute approximate surface area is 175 Å². The first kappa shape index (κ1) is 20.9. The number of nitrogens with one attached hydrogen (secondary N) is 1. The summed E-state index contributed by atoms with van der Waals surface area (Å²) in [5.74, 6) is 1.74. The highest BCUT2D eigenvalue weighted by Crippen LogP contribution is 2.20. The summed E-state index contributed by atoms with van der Waals surface area (Å²) in [5.41, 5.74) is 4.31. The Kier molecular flexibility index (Phi) is 6.93. The molecule has 0 saturated heterocycles. The van der Waals surface area contributed by atoms with E-state index in [4.69, 9.17) is 4.74 Å². The lowest BCUT2D eigenvalue weighted by Crippen LogP contribution is -2.15. The van der Waals surface area contributed by atoms with Gasteiger partial charge < -0.3 is 14.6 Å². The summed E-state index contributed by atoms with van der Waals surface area (Å²) >= 11 is 1.37. The number of benzene rings is 2. The lowest BCUT2D eigenvalue weighted by atomic mass is 10.1. The highest BCUT2D eigenvalue weighted by Gasteiger charge is 2.14. The third kappa shape index (κ3) is 5.60. The predicted octanol–water partition coefficient (Wildman–Crippen LogP) is 4.53. The van der Waals surface area contributed by atoms with Crippen molar-refractivity contribution in [3.05, 3.63) is 65.0 Å². The molecule has 0 bridgehead atoms. The van der Waals surface area contributed by atoms with E-state index in [-0.39, 0.29) is 11.7 Å². The molecular weight excluding hydrogens is 384 g/mol. The second kappa shape index (κ2) is 9.60. The number of aryl methyl sites for hydroxylation is 3. The standard InChI is InChI=1S/C22H26N4O2S/c1-5-26-20(13-28-19-8-6-7-15(2)11-19)24-25-22(26)29-14-21(27)23-18-10-9-16(3)17(4)12-18/h6-12H,5,13-14H2,1-4H3,(H,23,27). The third-order valence-corrected chi connectivity index (χ3v) is 5.56. The summed E-state index contributed by atoms with van der Waals surface area (Å²) in [7, 11) is 0. The van der Waals surface area contributed by atoms with E-state index in [0.29, 0.717) is 18.3 Å². The molecule has 3 rings (SSSR count). The van der Waals surface area contributed by atoms with Crippen LogP contribution < -0.4 is 10.1 Å². The van der Waals surface area contributed by atoms with Crippen molar-refractivity contribution in [2.75, 3.05) is 11.1 Å². The zero-order valence-electron chi connectivity index (χ0n) is 17.2. The lowest BCUT2D eigenvalue weighted by molar-refractivity contribution is -0.113. The number of carbonyl (C=O) groups is 1. The molecule has 0 fully saturated rings. The van der Waals surface area contributed by atoms with Crippen molar-refractivity contribution in [3.8, 4) is 5.75 Å². The van der Waals surface area contributed by atoms with Gasteiger partial charge in [0.15, 0.2) is 11.0 Å². The summed E-state index contributed by atoms with van der Waals surface area (Å²) in [5, 5.41) is 12.1. The fraction of sp³-hybridized carbons (Fsp3) is 0.318. The number of ether oxygens (including phenoxy) is 1. The van der Waals surface area contributed by atoms with Crippen LogP contribution in [0, 0.1) is 20.8 Å². The number of hydrogen-bond acceptors (Lipinski definition) is 5. The third-order valence-electron chi connectivity index (χ3n) is 4.59. The average Bonchev–Trinajstić information content (AvgIpc) is 3.09. The molecular formula is C22H26N4O2S. The summed E-state index contributed by atoms with van der Waals surface area (Å²) in [6, 6.07) is 13.8. The van der Waals surface area contributed by atoms with E-state index >= 15 is 0 Å². The van der Waals surface area contributed by atoms with Crippen LogP contribution in [0.5, 0.6) is 5.75 Å². The zero-order chi connectivity index (χ0) is 20.8. The SMILES string of the molecule is CCn1c(COc2cccc(C)c2)nnc1SCC(=O)Nc1ccc(C)c(C)c1. The maximum atomic E-state index is 12.3. The minimum Gasteiger partial charge on any atom is -0.486 e. The zero-order valence-corrected chi connectivity index (χ0v) is 18.0. The maximum absolute atomic E-state index is 12.3. The maximum Gasteiger partial charge on any atom is 0.234 e. The van der Waals surface area contributed by atoms with Crippen LogP contribution in [0.2, 0.25) is 0 Å². The van der Waals surface area contributed by atoms with Crippen LogP contribution in [0.1, 0.15) is 29.4 Å². The molecule has 29 heavy (non-hydrogen) atoms. The monoisotopic (exact) mass is 410 g/mol. The molecule has 0 atom stereocenters. The molecule has 0 spiro atoms. The van der Waals surface area contributed by atoms with E-state index < -0.39 is 0 Å². The van der Waals surface area contributed by atoms with E-state index in [0.717, 1.165) is 28.4 Å². The Morgan fingerprint density at radius 3 is 2.66 bits per heavy atom. The second-order valence-corrected chi connectivity index (χ2v) is 7.83. The van der Waals surface area contributed by atoms with Gasteiger partial charge in [0.25, 0.3) is 0 Å². The molecule has 0 unspecified atom stereocenters. The molecule has 0 aliphatic rings. The van der Waals surface area contributed by atoms with Gasteiger partial charge in [0, 0.05) is 12.2 Å². The number of carbonyl (C=O) groups excluding carboxylic acids is 1. The van der Waals surface area contributed by atoms with Crippen molar-refractivity contribution in [3.63, 3.8) is 0 Å². The van der Waals surface area contributed by atoms with Crippen LogP contribution in [0.25, 0.3) is 0 Å². The van der Waals surface area contributed by atoms with Gasteiger partial charge in [0.1, 0.15) is 12.4 Å². The van der Waals surface area contributed by atoms with Gasteiger partial charge in [-0.1, -0.05) is 30.0 Å². The Morgan fingerprint density at radius 2 is 1.93 bits per heavy atom. The van der Waals surface area contributed by atoms with Gasteiger partial charge in [-0.3, -0.25) is 4.79 Å². The van der Waals surface area contributed by atoms with Gasteiger partial charge >= 0.3 is 0 Å². The predicted molar refractivity (Wildman–Crippen MR) is 116 cm³/mol. The minimum atomic E-state index is -0.0681. The Balaban J connectivity index is 1.58. The molecule has 0 aliphatic heterocycles. The quantitative estimate of drug-likeness (QED) is 0.553. The molecule has 0 aliphatic carbocycles. The Morgan fingerprint density at radius 1 is 1.10 bits per heavy atom. The van der Waals surface area contributed by atoms with E-state index in [9.17, 15) is 4.79 Å². The lowest BCUT2D eigenvalue weighted by Gasteiger charge is -2.10. The number of hydrogen-bond donors (Lipinski definition) is 1. The Bertz CT molecular complexity index is 1000. The van der Waals surface area contributed by atoms with Crippen molar-refractivity contribution >= 4 is 23.4 Å². The highest BCUT2D eigenvalue weighted by atomic mass is 32.2. The van der Waals surface area contributed by atoms with Crippen LogP contribution in [-0.4, -0.2) is 26.4 Å². The van der Waals surface area contributed by atoms with Gasteiger partial charge in [-0.15, -0.1) is 10.2 Å². The number of nitrogens with zero attached hydrogens (tertiary/aromatic N) is 3. The molecule has 2 aromatic carbocycles. The molecule has 0 radical (unpaired) electrons. The van der Waals surface area contributed by atoms with Crippen molar-refractivity contribution in [1.82, 2.24) is 14.8 Å². The number of aromatic nitrogens is 3. The summed E-state index contributed by atoms with van der Waals surface area (Å²) in [6.07, 6.45) is 0. The number of thioether (sulfide) groups is 1. The van der Waals surface area contributed by atoms with E-state index in [1.165, 1.54) is 17.3 Å². The molecule has 6 nitrogen and oxygen atoms in total. The number of anilines is 1. The minimum absolute atomic E-state index is 0.0681. The summed E-state index contributed by atoms with van der Waals surface area (Å²) < 4.78 is 7.82. The van der Waals surface area contributed by atoms with Gasteiger partial charge in [0.2, 0.25) is 5.91 Å². The second-order valence-electron chi connectivity index (χ2n) is 6.88. The van der Waals surface area contributed by atoms with Crippen LogP contribution in [0.4, 0.5) is 5.69 Å². The van der Waals surface area contributed by atoms with Gasteiger partial charge in [0.05, 0.1) is 5.75 Å². The largest absolute Gasteiger partial charge is 0.486 e. The van der Waals surface area contributed by atoms with Gasteiger partial charge in [-0.25, -0.2) is 0 Å². The van der Waals surface area contributed by atoms with Gasteiger partial charge in [-0.05, 0) is 68.7 Å². The summed E-state index contributed by atoms with van der Waals surface area (Å²) in [6.45, 7) is 9.18. The van der Waals surface area contributed by atoms with Gasteiger partial charge in [-0.2, -0.15) is 0 Å². The van der Waals surface area contributed by atoms with Crippen LogP contribution >= 0.6 is 11.8 Å². The summed E-state index contributed by atoms with van der Waals surface area (Å²) in [4.78, 5) is 12.3. The topological polar surface area (TPSA) is 69.0 Å². The first-order chi connectivity index (χ1) is 14.0. The van der Waals surface area contributed by atoms with Crippen LogP contribution in [0.3, 0.4) is 0 Å². The molecule has 1 N–H and O–H groups in total. The highest BCUT2D eigenvalue weighted by molar-refractivity contribution is 7.99. The van der Waals surface area contributed by atoms with Crippen LogP contribution in [0.15, 0.2) is 47.6 Å². The molecule has 152 valence electrons. The first-order valence-electron chi connectivity index (χ1n) is 9.57. The fourth-order valence-electron chi connectivity index (χ4n) is 2.85. The Hall–Kier alpha value is -2.80. The first-order valence-corrected chi connectivity index (χ1v) is 10.6. The van der Waals surface area contributed by atoms with Crippen molar-refractivity contribution in [2.45, 2.75) is 46.0 Å². The van der Waals surface area contributed by atoms with Crippen LogP contribution in [-0.2, 0) is 17.9 Å². The smallest absolute Gasteiger partial charge is 0.234 e. The average molecular weight is 411 g/mol. The molecule has 1 amide bonds. The molecule has 3 aromatic rings. The fourth-order valence-corrected chi connectivity index (χ4v) is 3.67. The molecule has 7 heteroatoms. The van der Waals surface area contributed by atoms with Crippen molar-refractivity contribution in [1.29, 1.82) is 0 Å². The van der Waals surface area contributed by atoms with E-state index in [1.807, 2.05) is 67.8 Å². The number of rotatable bonds is 8.